The maximum atomic E-state index is 14.2. The van der Waals surface area contributed by atoms with Gasteiger partial charge in [0.05, 0.1) is 11.9 Å². The van der Waals surface area contributed by atoms with Crippen molar-refractivity contribution in [3.8, 4) is 0 Å². The molecule has 3 aromatic rings. The molecule has 8 heteroatoms. The average molecular weight is 592 g/mol. The van der Waals surface area contributed by atoms with E-state index in [-0.39, 0.29) is 23.9 Å². The summed E-state index contributed by atoms with van der Waals surface area (Å²) in [6.45, 7) is 11.9. The van der Waals surface area contributed by atoms with Crippen molar-refractivity contribution < 1.29 is 18.0 Å². The van der Waals surface area contributed by atoms with Crippen molar-refractivity contribution in [3.63, 3.8) is 0 Å². The van der Waals surface area contributed by atoms with Gasteiger partial charge in [-0.2, -0.15) is 0 Å². The highest BCUT2D eigenvalue weighted by Gasteiger charge is 2.33. The molecule has 2 atom stereocenters. The third kappa shape index (κ3) is 8.92. The largest absolute Gasteiger partial charge is 0.352 e. The monoisotopic (exact) mass is 591 g/mol. The second-order valence-electron chi connectivity index (χ2n) is 12.0. The molecule has 0 aliphatic heterocycles. The Morgan fingerprint density at radius 1 is 0.905 bits per heavy atom. The molecule has 3 aromatic carbocycles. The molecule has 0 bridgehead atoms. The zero-order valence-corrected chi connectivity index (χ0v) is 26.7. The van der Waals surface area contributed by atoms with Gasteiger partial charge in [-0.05, 0) is 60.1 Å². The van der Waals surface area contributed by atoms with Crippen molar-refractivity contribution in [1.29, 1.82) is 0 Å². The van der Waals surface area contributed by atoms with Gasteiger partial charge >= 0.3 is 0 Å². The summed E-state index contributed by atoms with van der Waals surface area (Å²) in [5.74, 6) is -0.723. The third-order valence-electron chi connectivity index (χ3n) is 7.57. The zero-order valence-electron chi connectivity index (χ0n) is 25.9. The highest BCUT2D eigenvalue weighted by Crippen LogP contribution is 2.26. The Kier molecular flexibility index (Phi) is 11.0. The Morgan fingerprint density at radius 2 is 1.50 bits per heavy atom. The second-order valence-corrected chi connectivity index (χ2v) is 13.9. The van der Waals surface area contributed by atoms with Crippen LogP contribution in [-0.2, 0) is 38.0 Å². The molecule has 42 heavy (non-hydrogen) atoms. The van der Waals surface area contributed by atoms with Crippen LogP contribution in [0.25, 0.3) is 0 Å². The summed E-state index contributed by atoms with van der Waals surface area (Å²) in [4.78, 5) is 29.6. The van der Waals surface area contributed by atoms with Crippen molar-refractivity contribution in [3.05, 3.63) is 101 Å². The first kappa shape index (κ1) is 32.9. The number of carbonyl (C=O) groups is 2. The van der Waals surface area contributed by atoms with Gasteiger partial charge in [0.2, 0.25) is 21.8 Å². The number of rotatable bonds is 12. The molecule has 0 saturated heterocycles. The predicted octanol–water partition coefficient (Wildman–Crippen LogP) is 5.61. The molecule has 0 unspecified atom stereocenters. The molecule has 0 aliphatic rings. The highest BCUT2D eigenvalue weighted by atomic mass is 32.2. The molecular formula is C34H45N3O4S. The summed E-state index contributed by atoms with van der Waals surface area (Å²) in [6, 6.07) is 23.6. The maximum absolute atomic E-state index is 14.2. The topological polar surface area (TPSA) is 86.8 Å². The number of benzene rings is 3. The van der Waals surface area contributed by atoms with E-state index in [2.05, 4.69) is 26.1 Å². The van der Waals surface area contributed by atoms with Gasteiger partial charge in [-0.1, -0.05) is 94.4 Å². The fraction of sp³-hybridized carbons (Fsp3) is 0.412. The molecular weight excluding hydrogens is 546 g/mol. The number of carbonyl (C=O) groups excluding carboxylic acids is 2. The number of sulfonamides is 1. The van der Waals surface area contributed by atoms with Gasteiger partial charge in [-0.15, -0.1) is 0 Å². The van der Waals surface area contributed by atoms with Crippen LogP contribution in [0, 0.1) is 6.92 Å². The van der Waals surface area contributed by atoms with Gasteiger partial charge in [-0.3, -0.25) is 13.9 Å². The molecule has 0 aromatic heterocycles. The minimum atomic E-state index is -3.82. The van der Waals surface area contributed by atoms with Gasteiger partial charge in [0.1, 0.15) is 12.6 Å². The van der Waals surface area contributed by atoms with E-state index in [1.807, 2.05) is 87.5 Å². The van der Waals surface area contributed by atoms with Crippen molar-refractivity contribution in [2.45, 2.75) is 78.4 Å². The Hall–Kier alpha value is -3.65. The van der Waals surface area contributed by atoms with E-state index in [9.17, 15) is 18.0 Å². The predicted molar refractivity (Wildman–Crippen MR) is 171 cm³/mol. The van der Waals surface area contributed by atoms with Crippen LogP contribution in [0.1, 0.15) is 63.3 Å². The lowest BCUT2D eigenvalue weighted by Gasteiger charge is -2.34. The number of amides is 2. The lowest BCUT2D eigenvalue weighted by molar-refractivity contribution is -0.140. The van der Waals surface area contributed by atoms with Gasteiger partial charge in [0, 0.05) is 19.0 Å². The number of anilines is 1. The van der Waals surface area contributed by atoms with Crippen LogP contribution in [0.3, 0.4) is 0 Å². The maximum Gasteiger partial charge on any atom is 0.244 e. The Labute approximate surface area is 252 Å². The van der Waals surface area contributed by atoms with Crippen molar-refractivity contribution in [1.82, 2.24) is 10.2 Å². The molecule has 0 heterocycles. The number of nitrogens with one attached hydrogen (secondary N) is 1. The summed E-state index contributed by atoms with van der Waals surface area (Å²) >= 11 is 0. The molecule has 2 amide bonds. The van der Waals surface area contributed by atoms with Gasteiger partial charge in [0.15, 0.2) is 0 Å². The average Bonchev–Trinajstić information content (AvgIpc) is 2.93. The first-order chi connectivity index (χ1) is 19.7. The van der Waals surface area contributed by atoms with Crippen LogP contribution in [0.15, 0.2) is 78.9 Å². The minimum Gasteiger partial charge on any atom is -0.352 e. The Morgan fingerprint density at radius 3 is 2.05 bits per heavy atom. The number of nitrogens with zero attached hydrogens (tertiary/aromatic N) is 2. The van der Waals surface area contributed by atoms with E-state index in [1.165, 1.54) is 4.90 Å². The Bertz CT molecular complexity index is 1450. The van der Waals surface area contributed by atoms with Gasteiger partial charge in [-0.25, -0.2) is 8.42 Å². The van der Waals surface area contributed by atoms with Gasteiger partial charge in [0.25, 0.3) is 0 Å². The fourth-order valence-corrected chi connectivity index (χ4v) is 5.56. The SMILES string of the molecule is CC[C@@H](C)NC(=O)[C@H](Cc1ccccc1)N(Cc1ccccc1C)C(=O)CN(c1ccc(C(C)(C)C)cc1)S(C)(=O)=O. The Balaban J connectivity index is 2.07. The van der Waals surface area contributed by atoms with Crippen LogP contribution >= 0.6 is 0 Å². The van der Waals surface area contributed by atoms with E-state index in [0.717, 1.165) is 39.2 Å². The lowest BCUT2D eigenvalue weighted by Crippen LogP contribution is -2.54. The first-order valence-corrected chi connectivity index (χ1v) is 16.3. The van der Waals surface area contributed by atoms with Crippen molar-refractivity contribution >= 4 is 27.5 Å². The lowest BCUT2D eigenvalue weighted by atomic mass is 9.87. The van der Waals surface area contributed by atoms with E-state index in [0.29, 0.717) is 12.1 Å². The van der Waals surface area contributed by atoms with Crippen molar-refractivity contribution in [2.24, 2.45) is 0 Å². The van der Waals surface area contributed by atoms with Crippen LogP contribution in [0.4, 0.5) is 5.69 Å². The smallest absolute Gasteiger partial charge is 0.244 e. The molecule has 0 radical (unpaired) electrons. The standard InChI is InChI=1S/C34H45N3O4S/c1-8-26(3)35-33(39)31(22-27-15-10-9-11-16-27)36(23-28-17-13-12-14-25(28)2)32(38)24-37(42(7,40)41)30-20-18-29(19-21-30)34(4,5)6/h9-21,26,31H,8,22-24H2,1-7H3,(H,35,39)/t26-,31+/m1/s1. The molecule has 7 nitrogen and oxygen atoms in total. The van der Waals surface area contributed by atoms with E-state index in [4.69, 9.17) is 0 Å². The summed E-state index contributed by atoms with van der Waals surface area (Å²) in [5, 5.41) is 3.06. The second kappa shape index (κ2) is 14.0. The van der Waals surface area contributed by atoms with Crippen LogP contribution in [0.2, 0.25) is 0 Å². The molecule has 3 rings (SSSR count). The molecule has 0 saturated carbocycles. The normalized spacial score (nSPS) is 13.2. The summed E-state index contributed by atoms with van der Waals surface area (Å²) in [7, 11) is -3.82. The van der Waals surface area contributed by atoms with E-state index in [1.54, 1.807) is 12.1 Å². The highest BCUT2D eigenvalue weighted by molar-refractivity contribution is 7.92. The number of hydrogen-bond donors (Lipinski definition) is 1. The quantitative estimate of drug-likeness (QED) is 0.297. The summed E-state index contributed by atoms with van der Waals surface area (Å²) in [5.41, 5.74) is 4.12. The molecule has 0 aliphatic carbocycles. The van der Waals surface area contributed by atoms with Crippen LogP contribution in [0.5, 0.6) is 0 Å². The number of hydrogen-bond acceptors (Lipinski definition) is 4. The number of aryl methyl sites for hydroxylation is 1. The van der Waals surface area contributed by atoms with E-state index >= 15 is 0 Å². The van der Waals surface area contributed by atoms with E-state index < -0.39 is 28.5 Å². The first-order valence-electron chi connectivity index (χ1n) is 14.5. The van der Waals surface area contributed by atoms with Crippen LogP contribution in [-0.4, -0.2) is 50.0 Å². The molecule has 0 spiro atoms. The minimum absolute atomic E-state index is 0.0833. The van der Waals surface area contributed by atoms with Gasteiger partial charge < -0.3 is 10.2 Å². The van der Waals surface area contributed by atoms with Crippen LogP contribution < -0.4 is 9.62 Å². The molecule has 1 N–H and O–H groups in total. The summed E-state index contributed by atoms with van der Waals surface area (Å²) in [6.07, 6.45) is 2.13. The molecule has 0 fully saturated rings. The third-order valence-corrected chi connectivity index (χ3v) is 8.72. The van der Waals surface area contributed by atoms with Crippen molar-refractivity contribution in [2.75, 3.05) is 17.1 Å². The zero-order chi connectivity index (χ0) is 31.1. The fourth-order valence-electron chi connectivity index (χ4n) is 4.71. The summed E-state index contributed by atoms with van der Waals surface area (Å²) < 4.78 is 27.2. The molecule has 226 valence electrons.